The van der Waals surface area contributed by atoms with Crippen LogP contribution in [0.15, 0.2) is 0 Å². The molecule has 0 saturated carbocycles. The maximum absolute atomic E-state index is 10.7. The molecule has 3 nitrogen and oxygen atoms in total. The van der Waals surface area contributed by atoms with Crippen LogP contribution in [0.25, 0.3) is 0 Å². The first-order valence-electron chi connectivity index (χ1n) is 5.98. The number of hydrogen-bond donors (Lipinski definition) is 1. The van der Waals surface area contributed by atoms with Gasteiger partial charge in [0.2, 0.25) is 0 Å². The summed E-state index contributed by atoms with van der Waals surface area (Å²) in [4.78, 5) is 10.7. The van der Waals surface area contributed by atoms with Gasteiger partial charge in [0.15, 0.2) is 0 Å². The lowest BCUT2D eigenvalue weighted by Gasteiger charge is -2.13. The number of rotatable bonds is 9. The summed E-state index contributed by atoms with van der Waals surface area (Å²) in [5.41, 5.74) is 0. The minimum atomic E-state index is -0.306. The Balaban J connectivity index is 3.34. The fourth-order valence-electron chi connectivity index (χ4n) is 1.57. The van der Waals surface area contributed by atoms with Crippen LogP contribution < -0.4 is 0 Å². The third-order valence-electron chi connectivity index (χ3n) is 2.42. The number of ether oxygens (including phenoxy) is 1. The molecule has 0 amide bonds. The Morgan fingerprint density at radius 1 is 1.20 bits per heavy atom. The zero-order valence-corrected chi connectivity index (χ0v) is 10.00. The van der Waals surface area contributed by atoms with Crippen LogP contribution in [0.3, 0.4) is 0 Å². The fraction of sp³-hybridized carbons (Fsp3) is 0.917. The molecule has 0 heterocycles. The monoisotopic (exact) mass is 216 g/mol. The lowest BCUT2D eigenvalue weighted by Crippen LogP contribution is -2.20. The molecule has 0 spiro atoms. The summed E-state index contributed by atoms with van der Waals surface area (Å²) in [5, 5.41) is 8.94. The van der Waals surface area contributed by atoms with Crippen LogP contribution in [0.4, 0.5) is 0 Å². The molecule has 0 aromatic carbocycles. The highest BCUT2D eigenvalue weighted by Gasteiger charge is 2.09. The van der Waals surface area contributed by atoms with Gasteiger partial charge in [0.05, 0.1) is 6.61 Å². The normalized spacial score (nSPS) is 12.5. The van der Waals surface area contributed by atoms with E-state index in [2.05, 4.69) is 6.92 Å². The number of esters is 1. The van der Waals surface area contributed by atoms with E-state index in [1.54, 1.807) is 0 Å². The summed E-state index contributed by atoms with van der Waals surface area (Å²) in [6.45, 7) is 3.51. The quantitative estimate of drug-likeness (QED) is 0.476. The maximum atomic E-state index is 10.7. The Hall–Kier alpha value is -0.570. The lowest BCUT2D eigenvalue weighted by molar-refractivity contribution is -0.148. The zero-order valence-electron chi connectivity index (χ0n) is 10.00. The third-order valence-corrected chi connectivity index (χ3v) is 2.42. The second kappa shape index (κ2) is 9.97. The van der Waals surface area contributed by atoms with Gasteiger partial charge in [0, 0.05) is 6.92 Å². The number of aliphatic hydroxyl groups excluding tert-OH is 1. The van der Waals surface area contributed by atoms with E-state index in [1.165, 1.54) is 32.6 Å². The van der Waals surface area contributed by atoms with Crippen LogP contribution in [0, 0.1) is 0 Å². The molecular formula is C12H24O3. The second-order valence-corrected chi connectivity index (χ2v) is 3.97. The molecule has 0 aromatic rings. The van der Waals surface area contributed by atoms with Gasteiger partial charge in [0.1, 0.15) is 6.10 Å². The Labute approximate surface area is 92.8 Å². The molecule has 0 radical (unpaired) electrons. The maximum Gasteiger partial charge on any atom is 0.302 e. The van der Waals surface area contributed by atoms with Crippen LogP contribution in [-0.2, 0) is 9.53 Å². The summed E-state index contributed by atoms with van der Waals surface area (Å²) in [6, 6.07) is 0. The first kappa shape index (κ1) is 14.4. The second-order valence-electron chi connectivity index (χ2n) is 3.97. The molecule has 15 heavy (non-hydrogen) atoms. The largest absolute Gasteiger partial charge is 0.460 e. The van der Waals surface area contributed by atoms with E-state index in [-0.39, 0.29) is 18.7 Å². The minimum absolute atomic E-state index is 0.0610. The predicted molar refractivity (Wildman–Crippen MR) is 60.6 cm³/mol. The van der Waals surface area contributed by atoms with E-state index in [1.807, 2.05) is 0 Å². The van der Waals surface area contributed by atoms with Gasteiger partial charge >= 0.3 is 5.97 Å². The van der Waals surface area contributed by atoms with Crippen LogP contribution in [-0.4, -0.2) is 23.8 Å². The van der Waals surface area contributed by atoms with Crippen LogP contribution in [0.2, 0.25) is 0 Å². The topological polar surface area (TPSA) is 46.5 Å². The molecule has 0 bridgehead atoms. The van der Waals surface area contributed by atoms with Gasteiger partial charge in [-0.05, 0) is 12.8 Å². The van der Waals surface area contributed by atoms with E-state index in [0.717, 1.165) is 19.3 Å². The highest BCUT2D eigenvalue weighted by molar-refractivity contribution is 5.66. The first-order chi connectivity index (χ1) is 7.20. The Bertz CT molecular complexity index is 157. The number of carbonyl (C=O) groups is 1. The summed E-state index contributed by atoms with van der Waals surface area (Å²) in [6.07, 6.45) is 7.76. The van der Waals surface area contributed by atoms with E-state index >= 15 is 0 Å². The van der Waals surface area contributed by atoms with E-state index in [0.29, 0.717) is 0 Å². The molecule has 0 rings (SSSR count). The predicted octanol–water partition coefficient (Wildman–Crippen LogP) is 2.66. The zero-order chi connectivity index (χ0) is 11.5. The standard InChI is InChI=1S/C12H24O3/c1-3-4-5-6-7-8-9-12(10-13)15-11(2)14/h12-13H,3-10H2,1-2H3/t12-/m0/s1. The van der Waals surface area contributed by atoms with Crippen molar-refractivity contribution in [3.63, 3.8) is 0 Å². The number of unbranched alkanes of at least 4 members (excludes halogenated alkanes) is 5. The van der Waals surface area contributed by atoms with E-state index in [4.69, 9.17) is 9.84 Å². The highest BCUT2D eigenvalue weighted by Crippen LogP contribution is 2.10. The van der Waals surface area contributed by atoms with Crippen LogP contribution >= 0.6 is 0 Å². The fourth-order valence-corrected chi connectivity index (χ4v) is 1.57. The van der Waals surface area contributed by atoms with Crippen molar-refractivity contribution in [2.75, 3.05) is 6.61 Å². The molecule has 0 aliphatic heterocycles. The third kappa shape index (κ3) is 9.73. The molecule has 1 atom stereocenters. The smallest absolute Gasteiger partial charge is 0.302 e. The summed E-state index contributed by atoms with van der Waals surface area (Å²) in [5.74, 6) is -0.306. The van der Waals surface area contributed by atoms with Crippen molar-refractivity contribution < 1.29 is 14.6 Å². The van der Waals surface area contributed by atoms with Gasteiger partial charge in [-0.3, -0.25) is 4.79 Å². The molecule has 0 aliphatic carbocycles. The summed E-state index contributed by atoms with van der Waals surface area (Å²) < 4.78 is 4.94. The SMILES string of the molecule is CCCCCCCC[C@@H](CO)OC(C)=O. The van der Waals surface area contributed by atoms with Gasteiger partial charge in [-0.25, -0.2) is 0 Å². The average Bonchev–Trinajstić information content (AvgIpc) is 2.20. The number of carbonyl (C=O) groups excluding carboxylic acids is 1. The molecule has 0 unspecified atom stereocenters. The van der Waals surface area contributed by atoms with Crippen molar-refractivity contribution >= 4 is 5.97 Å². The number of aliphatic hydroxyl groups is 1. The van der Waals surface area contributed by atoms with Crippen molar-refractivity contribution in [2.45, 2.75) is 64.9 Å². The van der Waals surface area contributed by atoms with Crippen molar-refractivity contribution in [1.82, 2.24) is 0 Å². The highest BCUT2D eigenvalue weighted by atomic mass is 16.5. The van der Waals surface area contributed by atoms with Gasteiger partial charge in [0.25, 0.3) is 0 Å². The molecule has 90 valence electrons. The summed E-state index contributed by atoms with van der Waals surface area (Å²) in [7, 11) is 0. The van der Waals surface area contributed by atoms with Crippen molar-refractivity contribution in [1.29, 1.82) is 0 Å². The first-order valence-corrected chi connectivity index (χ1v) is 5.98. The Morgan fingerprint density at radius 3 is 2.33 bits per heavy atom. The molecule has 0 aliphatic rings. The Kier molecular flexibility index (Phi) is 9.59. The van der Waals surface area contributed by atoms with E-state index in [9.17, 15) is 4.79 Å². The van der Waals surface area contributed by atoms with Crippen LogP contribution in [0.1, 0.15) is 58.8 Å². The van der Waals surface area contributed by atoms with Gasteiger partial charge in [-0.1, -0.05) is 39.0 Å². The van der Waals surface area contributed by atoms with Crippen molar-refractivity contribution in [3.05, 3.63) is 0 Å². The van der Waals surface area contributed by atoms with Crippen molar-refractivity contribution in [3.8, 4) is 0 Å². The molecule has 0 aromatic heterocycles. The molecule has 0 fully saturated rings. The lowest BCUT2D eigenvalue weighted by atomic mass is 10.1. The van der Waals surface area contributed by atoms with Crippen LogP contribution in [0.5, 0.6) is 0 Å². The van der Waals surface area contributed by atoms with Gasteiger partial charge in [-0.2, -0.15) is 0 Å². The number of hydrogen-bond acceptors (Lipinski definition) is 3. The van der Waals surface area contributed by atoms with Crippen molar-refractivity contribution in [2.24, 2.45) is 0 Å². The summed E-state index contributed by atoms with van der Waals surface area (Å²) >= 11 is 0. The van der Waals surface area contributed by atoms with E-state index < -0.39 is 0 Å². The molecule has 0 saturated heterocycles. The average molecular weight is 216 g/mol. The Morgan fingerprint density at radius 2 is 1.80 bits per heavy atom. The molecule has 3 heteroatoms. The van der Waals surface area contributed by atoms with Gasteiger partial charge in [-0.15, -0.1) is 0 Å². The minimum Gasteiger partial charge on any atom is -0.460 e. The van der Waals surface area contributed by atoms with Gasteiger partial charge < -0.3 is 9.84 Å². The molecule has 1 N–H and O–H groups in total. The molecular weight excluding hydrogens is 192 g/mol.